The van der Waals surface area contributed by atoms with Crippen LogP contribution in [0.1, 0.15) is 0 Å². The summed E-state index contributed by atoms with van der Waals surface area (Å²) in [7, 11) is 0. The van der Waals surface area contributed by atoms with E-state index in [1.54, 1.807) is 0 Å². The van der Waals surface area contributed by atoms with E-state index >= 15 is 0 Å². The van der Waals surface area contributed by atoms with E-state index in [0.29, 0.717) is 6.07 Å². The Kier molecular flexibility index (Phi) is 3.14. The van der Waals surface area contributed by atoms with Crippen molar-refractivity contribution in [3.8, 4) is 11.6 Å². The lowest BCUT2D eigenvalue weighted by molar-refractivity contribution is 0.383. The van der Waals surface area contributed by atoms with Gasteiger partial charge in [0.05, 0.1) is 0 Å². The smallest absolute Gasteiger partial charge is 0.258 e. The van der Waals surface area contributed by atoms with Gasteiger partial charge in [-0.1, -0.05) is 0 Å². The second-order valence-electron chi connectivity index (χ2n) is 3.23. The van der Waals surface area contributed by atoms with Gasteiger partial charge in [0, 0.05) is 12.1 Å². The predicted molar refractivity (Wildman–Crippen MR) is 50.5 cm³/mol. The molecule has 0 atom stereocenters. The Hall–Kier alpha value is -2.18. The van der Waals surface area contributed by atoms with Gasteiger partial charge in [0.2, 0.25) is 0 Å². The van der Waals surface area contributed by atoms with E-state index in [0.717, 1.165) is 12.1 Å². The van der Waals surface area contributed by atoms with Gasteiger partial charge in [-0.05, 0) is 12.1 Å². The summed E-state index contributed by atoms with van der Waals surface area (Å²) < 4.78 is 68.6. The molecule has 0 aliphatic carbocycles. The van der Waals surface area contributed by atoms with Crippen molar-refractivity contribution < 1.29 is 26.7 Å². The maximum absolute atomic E-state index is 13.1. The molecule has 0 saturated carbocycles. The molecule has 2 nitrogen and oxygen atoms in total. The highest BCUT2D eigenvalue weighted by Crippen LogP contribution is 2.24. The molecule has 0 aliphatic rings. The highest BCUT2D eigenvalue weighted by Gasteiger charge is 2.14. The van der Waals surface area contributed by atoms with Crippen molar-refractivity contribution in [1.82, 2.24) is 4.98 Å². The summed E-state index contributed by atoms with van der Waals surface area (Å²) in [6.45, 7) is 0. The predicted octanol–water partition coefficient (Wildman–Crippen LogP) is 3.57. The fourth-order valence-electron chi connectivity index (χ4n) is 1.15. The van der Waals surface area contributed by atoms with E-state index in [4.69, 9.17) is 0 Å². The summed E-state index contributed by atoms with van der Waals surface area (Å²) in [5.41, 5.74) is 0. The lowest BCUT2D eigenvalue weighted by Crippen LogP contribution is -1.98. The minimum absolute atomic E-state index is 0.234. The van der Waals surface area contributed by atoms with Gasteiger partial charge >= 0.3 is 0 Å². The molecule has 0 fully saturated rings. The second-order valence-corrected chi connectivity index (χ2v) is 3.23. The molecule has 94 valence electrons. The van der Waals surface area contributed by atoms with Crippen LogP contribution >= 0.6 is 0 Å². The molecule has 0 radical (unpaired) electrons. The average molecular weight is 261 g/mol. The largest absolute Gasteiger partial charge is 0.436 e. The molecule has 0 bridgehead atoms. The number of pyridine rings is 1. The summed E-state index contributed by atoms with van der Waals surface area (Å²) in [6, 6.07) is 2.58. The van der Waals surface area contributed by atoms with E-state index in [1.807, 2.05) is 0 Å². The molecule has 0 amide bonds. The molecule has 0 spiro atoms. The molecule has 0 unspecified atom stereocenters. The third-order valence-corrected chi connectivity index (χ3v) is 1.96. The molecule has 1 heterocycles. The normalized spacial score (nSPS) is 10.5. The van der Waals surface area contributed by atoms with Gasteiger partial charge in [0.1, 0.15) is 5.75 Å². The fraction of sp³-hybridized carbons (Fsp3) is 0. The second kappa shape index (κ2) is 4.59. The van der Waals surface area contributed by atoms with Crippen LogP contribution in [0.15, 0.2) is 24.3 Å². The SMILES string of the molecule is Fc1ccc(Oc2nc(F)c(F)cc2F)cc1F. The number of ether oxygens (including phenoxy) is 1. The van der Waals surface area contributed by atoms with E-state index in [2.05, 4.69) is 9.72 Å². The van der Waals surface area contributed by atoms with Gasteiger partial charge in [0.25, 0.3) is 11.8 Å². The average Bonchev–Trinajstić information content (AvgIpc) is 2.31. The van der Waals surface area contributed by atoms with Crippen LogP contribution in [0, 0.1) is 29.2 Å². The third kappa shape index (κ3) is 2.39. The summed E-state index contributed by atoms with van der Waals surface area (Å²) >= 11 is 0. The van der Waals surface area contributed by atoms with Gasteiger partial charge in [-0.2, -0.15) is 9.37 Å². The van der Waals surface area contributed by atoms with E-state index in [-0.39, 0.29) is 11.8 Å². The van der Waals surface area contributed by atoms with E-state index < -0.39 is 35.1 Å². The summed E-state index contributed by atoms with van der Waals surface area (Å²) in [6.07, 6.45) is 0. The zero-order valence-corrected chi connectivity index (χ0v) is 8.55. The first-order valence-corrected chi connectivity index (χ1v) is 4.62. The van der Waals surface area contributed by atoms with Crippen LogP contribution in [0.3, 0.4) is 0 Å². The Bertz CT molecular complexity index is 602. The Morgan fingerprint density at radius 2 is 1.50 bits per heavy atom. The van der Waals surface area contributed by atoms with Crippen LogP contribution in [0.5, 0.6) is 11.6 Å². The van der Waals surface area contributed by atoms with Crippen molar-refractivity contribution >= 4 is 0 Å². The number of nitrogens with zero attached hydrogens (tertiary/aromatic N) is 1. The number of aromatic nitrogens is 1. The van der Waals surface area contributed by atoms with Gasteiger partial charge < -0.3 is 4.74 Å². The van der Waals surface area contributed by atoms with Crippen molar-refractivity contribution in [2.45, 2.75) is 0 Å². The first-order valence-electron chi connectivity index (χ1n) is 4.62. The van der Waals surface area contributed by atoms with Crippen LogP contribution in [-0.2, 0) is 0 Å². The Labute approximate surface area is 97.6 Å². The van der Waals surface area contributed by atoms with Crippen molar-refractivity contribution in [3.63, 3.8) is 0 Å². The zero-order valence-electron chi connectivity index (χ0n) is 8.55. The van der Waals surface area contributed by atoms with Crippen LogP contribution in [0.4, 0.5) is 22.0 Å². The molecule has 0 saturated heterocycles. The van der Waals surface area contributed by atoms with Crippen molar-refractivity contribution in [2.75, 3.05) is 0 Å². The number of hydrogen-bond acceptors (Lipinski definition) is 2. The monoisotopic (exact) mass is 261 g/mol. The van der Waals surface area contributed by atoms with Crippen LogP contribution in [-0.4, -0.2) is 4.98 Å². The third-order valence-electron chi connectivity index (χ3n) is 1.96. The Morgan fingerprint density at radius 3 is 2.17 bits per heavy atom. The minimum atomic E-state index is -1.56. The summed E-state index contributed by atoms with van der Waals surface area (Å²) in [4.78, 5) is 2.86. The van der Waals surface area contributed by atoms with Crippen LogP contribution in [0.25, 0.3) is 0 Å². The number of benzene rings is 1. The molecule has 2 rings (SSSR count). The van der Waals surface area contributed by atoms with Gasteiger partial charge in [-0.25, -0.2) is 17.6 Å². The van der Waals surface area contributed by atoms with E-state index in [1.165, 1.54) is 0 Å². The van der Waals surface area contributed by atoms with Crippen molar-refractivity contribution in [3.05, 3.63) is 53.5 Å². The zero-order chi connectivity index (χ0) is 13.3. The molecule has 18 heavy (non-hydrogen) atoms. The Balaban J connectivity index is 2.34. The number of halogens is 5. The molecule has 1 aromatic heterocycles. The number of hydrogen-bond donors (Lipinski definition) is 0. The molecule has 0 aliphatic heterocycles. The molecule has 0 N–H and O–H groups in total. The highest BCUT2D eigenvalue weighted by molar-refractivity contribution is 5.28. The van der Waals surface area contributed by atoms with Crippen molar-refractivity contribution in [1.29, 1.82) is 0 Å². The minimum Gasteiger partial charge on any atom is -0.436 e. The van der Waals surface area contributed by atoms with Crippen LogP contribution in [0.2, 0.25) is 0 Å². The van der Waals surface area contributed by atoms with Crippen molar-refractivity contribution in [2.24, 2.45) is 0 Å². The quantitative estimate of drug-likeness (QED) is 0.609. The molecule has 7 heteroatoms. The van der Waals surface area contributed by atoms with Gasteiger partial charge in [-0.15, -0.1) is 0 Å². The van der Waals surface area contributed by atoms with Gasteiger partial charge in [-0.3, -0.25) is 0 Å². The fourth-order valence-corrected chi connectivity index (χ4v) is 1.15. The number of rotatable bonds is 2. The topological polar surface area (TPSA) is 22.1 Å². The van der Waals surface area contributed by atoms with E-state index in [9.17, 15) is 22.0 Å². The first kappa shape index (κ1) is 12.3. The van der Waals surface area contributed by atoms with Gasteiger partial charge in [0.15, 0.2) is 23.3 Å². The molecular weight excluding hydrogens is 257 g/mol. The maximum atomic E-state index is 13.1. The molecule has 2 aromatic rings. The highest BCUT2D eigenvalue weighted by atomic mass is 19.2. The standard InChI is InChI=1S/C11H4F5NO/c12-6-2-1-5(3-7(6)13)18-11-9(15)4-8(14)10(16)17-11/h1-4H. The lowest BCUT2D eigenvalue weighted by Gasteiger charge is -2.06. The molecule has 1 aromatic carbocycles. The first-order chi connectivity index (χ1) is 8.47. The molecular formula is C11H4F5NO. The van der Waals surface area contributed by atoms with Crippen LogP contribution < -0.4 is 4.74 Å². The summed E-state index contributed by atoms with van der Waals surface area (Å²) in [5.74, 6) is -7.83. The Morgan fingerprint density at radius 1 is 0.778 bits per heavy atom. The summed E-state index contributed by atoms with van der Waals surface area (Å²) in [5, 5.41) is 0. The maximum Gasteiger partial charge on any atom is 0.258 e. The lowest BCUT2D eigenvalue weighted by atomic mass is 10.3.